The number of likely N-dealkylation sites (tertiary alicyclic amines) is 1. The van der Waals surface area contributed by atoms with Crippen molar-refractivity contribution in [2.75, 3.05) is 19.7 Å². The second kappa shape index (κ2) is 5.92. The SMILES string of the molecule is O=C(OCC1Cc2ccccc2O1)C1CCN(C2CC2)CC1. The van der Waals surface area contributed by atoms with Gasteiger partial charge in [-0.25, -0.2) is 0 Å². The third-order valence-electron chi connectivity index (χ3n) is 5.05. The number of hydrogen-bond donors (Lipinski definition) is 0. The molecule has 1 aliphatic carbocycles. The van der Waals surface area contributed by atoms with Crippen molar-refractivity contribution in [3.05, 3.63) is 29.8 Å². The van der Waals surface area contributed by atoms with E-state index in [-0.39, 0.29) is 18.0 Å². The summed E-state index contributed by atoms with van der Waals surface area (Å²) < 4.78 is 11.3. The van der Waals surface area contributed by atoms with E-state index in [9.17, 15) is 4.79 Å². The lowest BCUT2D eigenvalue weighted by atomic mass is 9.97. The van der Waals surface area contributed by atoms with Crippen LogP contribution in [0.2, 0.25) is 0 Å². The third kappa shape index (κ3) is 2.98. The maximum Gasteiger partial charge on any atom is 0.309 e. The Labute approximate surface area is 131 Å². The number of piperidine rings is 1. The molecule has 2 aliphatic heterocycles. The lowest BCUT2D eigenvalue weighted by Gasteiger charge is -2.30. The number of ether oxygens (including phenoxy) is 2. The Balaban J connectivity index is 1.22. The Morgan fingerprint density at radius 3 is 2.68 bits per heavy atom. The van der Waals surface area contributed by atoms with Crippen molar-refractivity contribution in [1.29, 1.82) is 0 Å². The van der Waals surface area contributed by atoms with E-state index in [1.807, 2.05) is 18.2 Å². The number of para-hydroxylation sites is 1. The smallest absolute Gasteiger partial charge is 0.309 e. The minimum Gasteiger partial charge on any atom is -0.486 e. The molecule has 1 aromatic carbocycles. The number of esters is 1. The monoisotopic (exact) mass is 301 g/mol. The van der Waals surface area contributed by atoms with E-state index >= 15 is 0 Å². The van der Waals surface area contributed by atoms with E-state index in [1.165, 1.54) is 18.4 Å². The normalized spacial score (nSPS) is 25.5. The first kappa shape index (κ1) is 14.1. The van der Waals surface area contributed by atoms with Gasteiger partial charge in [0.2, 0.25) is 0 Å². The van der Waals surface area contributed by atoms with E-state index in [0.29, 0.717) is 6.61 Å². The number of fused-ring (bicyclic) bond motifs is 1. The number of hydrogen-bond acceptors (Lipinski definition) is 4. The molecule has 0 N–H and O–H groups in total. The van der Waals surface area contributed by atoms with Crippen LogP contribution >= 0.6 is 0 Å². The Bertz CT molecular complexity index is 522. The van der Waals surface area contributed by atoms with E-state index in [0.717, 1.165) is 44.1 Å². The zero-order valence-corrected chi connectivity index (χ0v) is 12.9. The minimum atomic E-state index is -0.0324. The molecule has 3 aliphatic rings. The van der Waals surface area contributed by atoms with Crippen LogP contribution in [-0.4, -0.2) is 42.7 Å². The Morgan fingerprint density at radius 2 is 1.95 bits per heavy atom. The molecule has 0 bridgehead atoms. The van der Waals surface area contributed by atoms with E-state index in [2.05, 4.69) is 11.0 Å². The third-order valence-corrected chi connectivity index (χ3v) is 5.05. The van der Waals surface area contributed by atoms with Crippen LogP contribution in [0, 0.1) is 5.92 Å². The highest BCUT2D eigenvalue weighted by atomic mass is 16.6. The molecule has 0 spiro atoms. The van der Waals surface area contributed by atoms with Gasteiger partial charge >= 0.3 is 5.97 Å². The maximum atomic E-state index is 12.2. The summed E-state index contributed by atoms with van der Waals surface area (Å²) in [6, 6.07) is 8.85. The molecule has 1 atom stereocenters. The van der Waals surface area contributed by atoms with E-state index < -0.39 is 0 Å². The summed E-state index contributed by atoms with van der Waals surface area (Å²) in [4.78, 5) is 14.8. The molecule has 0 amide bonds. The topological polar surface area (TPSA) is 38.8 Å². The van der Waals surface area contributed by atoms with Gasteiger partial charge in [0, 0.05) is 12.5 Å². The van der Waals surface area contributed by atoms with Gasteiger partial charge in [-0.3, -0.25) is 4.79 Å². The summed E-state index contributed by atoms with van der Waals surface area (Å²) in [7, 11) is 0. The van der Waals surface area contributed by atoms with E-state index in [1.54, 1.807) is 0 Å². The maximum absolute atomic E-state index is 12.2. The summed E-state index contributed by atoms with van der Waals surface area (Å²) in [6.07, 6.45) is 5.39. The number of carbonyl (C=O) groups is 1. The van der Waals surface area contributed by atoms with Crippen LogP contribution < -0.4 is 4.74 Å². The summed E-state index contributed by atoms with van der Waals surface area (Å²) in [5.41, 5.74) is 1.21. The van der Waals surface area contributed by atoms with Gasteiger partial charge in [0.25, 0.3) is 0 Å². The molecule has 1 saturated heterocycles. The molecule has 0 aromatic heterocycles. The second-order valence-corrected chi connectivity index (χ2v) is 6.72. The molecule has 1 saturated carbocycles. The summed E-state index contributed by atoms with van der Waals surface area (Å²) in [6.45, 7) is 2.47. The highest BCUT2D eigenvalue weighted by Gasteiger charge is 2.34. The fourth-order valence-corrected chi connectivity index (χ4v) is 3.58. The average Bonchev–Trinajstić information content (AvgIpc) is 3.32. The molecule has 1 unspecified atom stereocenters. The van der Waals surface area contributed by atoms with Crippen LogP contribution in [0.25, 0.3) is 0 Å². The van der Waals surface area contributed by atoms with Crippen molar-refractivity contribution in [3.63, 3.8) is 0 Å². The standard InChI is InChI=1S/C18H23NO3/c20-18(13-7-9-19(10-8-13)15-5-6-15)21-12-16-11-14-3-1-2-4-17(14)22-16/h1-4,13,15-16H,5-12H2. The van der Waals surface area contributed by atoms with E-state index in [4.69, 9.17) is 9.47 Å². The molecule has 4 heteroatoms. The Hall–Kier alpha value is -1.55. The van der Waals surface area contributed by atoms with Crippen molar-refractivity contribution >= 4 is 5.97 Å². The molecular weight excluding hydrogens is 278 g/mol. The molecule has 118 valence electrons. The lowest BCUT2D eigenvalue weighted by Crippen LogP contribution is -2.38. The quantitative estimate of drug-likeness (QED) is 0.801. The van der Waals surface area contributed by atoms with Crippen LogP contribution in [0.1, 0.15) is 31.2 Å². The van der Waals surface area contributed by atoms with Gasteiger partial charge in [-0.1, -0.05) is 18.2 Å². The predicted molar refractivity (Wildman–Crippen MR) is 82.8 cm³/mol. The van der Waals surface area contributed by atoms with Gasteiger partial charge in [0.05, 0.1) is 5.92 Å². The van der Waals surface area contributed by atoms with Crippen molar-refractivity contribution in [1.82, 2.24) is 4.90 Å². The number of nitrogens with zero attached hydrogens (tertiary/aromatic N) is 1. The molecule has 4 nitrogen and oxygen atoms in total. The lowest BCUT2D eigenvalue weighted by molar-refractivity contribution is -0.152. The molecule has 2 fully saturated rings. The average molecular weight is 301 g/mol. The summed E-state index contributed by atoms with van der Waals surface area (Å²) >= 11 is 0. The van der Waals surface area contributed by atoms with Gasteiger partial charge in [-0.15, -0.1) is 0 Å². The molecule has 4 rings (SSSR count). The van der Waals surface area contributed by atoms with Crippen molar-refractivity contribution in [3.8, 4) is 5.75 Å². The van der Waals surface area contributed by atoms with Gasteiger partial charge in [0.1, 0.15) is 18.5 Å². The Kier molecular flexibility index (Phi) is 3.78. The molecule has 2 heterocycles. The fourth-order valence-electron chi connectivity index (χ4n) is 3.58. The molecule has 1 aromatic rings. The van der Waals surface area contributed by atoms with Gasteiger partial charge < -0.3 is 14.4 Å². The van der Waals surface area contributed by atoms with Crippen LogP contribution in [0.5, 0.6) is 5.75 Å². The first-order valence-corrected chi connectivity index (χ1v) is 8.45. The minimum absolute atomic E-state index is 0.0205. The fraction of sp³-hybridized carbons (Fsp3) is 0.611. The van der Waals surface area contributed by atoms with Crippen LogP contribution in [0.15, 0.2) is 24.3 Å². The highest BCUT2D eigenvalue weighted by Crippen LogP contribution is 2.31. The second-order valence-electron chi connectivity index (χ2n) is 6.72. The van der Waals surface area contributed by atoms with Crippen molar-refractivity contribution in [2.45, 2.75) is 44.2 Å². The number of rotatable bonds is 4. The van der Waals surface area contributed by atoms with Crippen LogP contribution in [0.3, 0.4) is 0 Å². The zero-order chi connectivity index (χ0) is 14.9. The van der Waals surface area contributed by atoms with Crippen LogP contribution in [0.4, 0.5) is 0 Å². The van der Waals surface area contributed by atoms with Gasteiger partial charge in [0.15, 0.2) is 0 Å². The molecular formula is C18H23NO3. The Morgan fingerprint density at radius 1 is 1.18 bits per heavy atom. The molecule has 22 heavy (non-hydrogen) atoms. The van der Waals surface area contributed by atoms with Crippen molar-refractivity contribution in [2.24, 2.45) is 5.92 Å². The van der Waals surface area contributed by atoms with Gasteiger partial charge in [-0.05, 0) is 50.4 Å². The van der Waals surface area contributed by atoms with Gasteiger partial charge in [-0.2, -0.15) is 0 Å². The number of benzene rings is 1. The molecule has 0 radical (unpaired) electrons. The zero-order valence-electron chi connectivity index (χ0n) is 12.9. The predicted octanol–water partition coefficient (Wildman–Crippen LogP) is 2.41. The largest absolute Gasteiger partial charge is 0.486 e. The number of carbonyl (C=O) groups excluding carboxylic acids is 1. The van der Waals surface area contributed by atoms with Crippen LogP contribution in [-0.2, 0) is 16.0 Å². The van der Waals surface area contributed by atoms with Crippen molar-refractivity contribution < 1.29 is 14.3 Å². The first-order valence-electron chi connectivity index (χ1n) is 8.45. The first-order chi connectivity index (χ1) is 10.8. The summed E-state index contributed by atoms with van der Waals surface area (Å²) in [5.74, 6) is 0.982. The summed E-state index contributed by atoms with van der Waals surface area (Å²) in [5, 5.41) is 0. The highest BCUT2D eigenvalue weighted by molar-refractivity contribution is 5.72.